The van der Waals surface area contributed by atoms with E-state index >= 15 is 0 Å². The Morgan fingerprint density at radius 2 is 1.90 bits per heavy atom. The van der Waals surface area contributed by atoms with Crippen molar-refractivity contribution in [2.24, 2.45) is 0 Å². The van der Waals surface area contributed by atoms with E-state index in [9.17, 15) is 4.79 Å². The van der Waals surface area contributed by atoms with Crippen LogP contribution in [-0.2, 0) is 4.74 Å². The van der Waals surface area contributed by atoms with Crippen LogP contribution in [0.4, 0.5) is 5.69 Å². The number of benzene rings is 2. The Balaban J connectivity index is 2.37. The summed E-state index contributed by atoms with van der Waals surface area (Å²) in [5.41, 5.74) is 6.91. The summed E-state index contributed by atoms with van der Waals surface area (Å²) in [4.78, 5) is 13.0. The topological polar surface area (TPSA) is 52.3 Å². The van der Waals surface area contributed by atoms with Crippen LogP contribution in [0.15, 0.2) is 46.2 Å². The summed E-state index contributed by atoms with van der Waals surface area (Å²) in [6.45, 7) is 0. The Labute approximate surface area is 131 Å². The van der Waals surface area contributed by atoms with Gasteiger partial charge in [-0.3, -0.25) is 0 Å². The zero-order valence-corrected chi connectivity index (χ0v) is 12.9. The highest BCUT2D eigenvalue weighted by Crippen LogP contribution is 2.38. The van der Waals surface area contributed by atoms with E-state index in [4.69, 9.17) is 28.9 Å². The van der Waals surface area contributed by atoms with Gasteiger partial charge in [-0.2, -0.15) is 0 Å². The molecule has 2 N–H and O–H groups in total. The molecule has 0 radical (unpaired) electrons. The Kier molecular flexibility index (Phi) is 4.81. The number of hydrogen-bond acceptors (Lipinski definition) is 4. The molecular formula is C14H11Cl2NO2S. The average Bonchev–Trinajstić information content (AvgIpc) is 2.44. The molecule has 0 saturated carbocycles. The van der Waals surface area contributed by atoms with E-state index < -0.39 is 5.97 Å². The van der Waals surface area contributed by atoms with Crippen molar-refractivity contribution < 1.29 is 9.53 Å². The van der Waals surface area contributed by atoms with E-state index in [0.717, 1.165) is 9.79 Å². The van der Waals surface area contributed by atoms with Crippen LogP contribution in [0.25, 0.3) is 0 Å². The fourth-order valence-corrected chi connectivity index (χ4v) is 2.97. The van der Waals surface area contributed by atoms with Crippen molar-refractivity contribution in [3.8, 4) is 0 Å². The molecule has 104 valence electrons. The molecule has 0 aromatic heterocycles. The number of hydrogen-bond donors (Lipinski definition) is 1. The number of anilines is 1. The van der Waals surface area contributed by atoms with E-state index in [1.807, 2.05) is 0 Å². The summed E-state index contributed by atoms with van der Waals surface area (Å²) in [5, 5.41) is 1.15. The molecule has 0 atom stereocenters. The van der Waals surface area contributed by atoms with Crippen molar-refractivity contribution in [1.82, 2.24) is 0 Å². The molecular weight excluding hydrogens is 317 g/mol. The number of rotatable bonds is 3. The lowest BCUT2D eigenvalue weighted by Crippen LogP contribution is -2.02. The molecule has 0 spiro atoms. The molecule has 2 aromatic carbocycles. The smallest absolute Gasteiger partial charge is 0.337 e. The number of nitrogen functional groups attached to an aromatic ring is 1. The van der Waals surface area contributed by atoms with Gasteiger partial charge in [0, 0.05) is 20.5 Å². The molecule has 0 aliphatic carbocycles. The Morgan fingerprint density at radius 1 is 1.15 bits per heavy atom. The molecule has 20 heavy (non-hydrogen) atoms. The van der Waals surface area contributed by atoms with Crippen LogP contribution in [0.5, 0.6) is 0 Å². The Hall–Kier alpha value is -1.36. The van der Waals surface area contributed by atoms with Gasteiger partial charge in [0.05, 0.1) is 17.7 Å². The Morgan fingerprint density at radius 3 is 2.60 bits per heavy atom. The summed E-state index contributed by atoms with van der Waals surface area (Å²) < 4.78 is 4.69. The van der Waals surface area contributed by atoms with Crippen molar-refractivity contribution >= 4 is 46.6 Å². The lowest BCUT2D eigenvalue weighted by atomic mass is 10.2. The van der Waals surface area contributed by atoms with Crippen LogP contribution in [0.1, 0.15) is 10.4 Å². The van der Waals surface area contributed by atoms with Gasteiger partial charge in [-0.25, -0.2) is 4.79 Å². The summed E-state index contributed by atoms with van der Waals surface area (Å²) in [6, 6.07) is 10.1. The normalized spacial score (nSPS) is 10.3. The van der Waals surface area contributed by atoms with Gasteiger partial charge in [0.25, 0.3) is 0 Å². The summed E-state index contributed by atoms with van der Waals surface area (Å²) in [7, 11) is 1.33. The fourth-order valence-electron chi connectivity index (χ4n) is 1.54. The molecule has 0 aliphatic heterocycles. The first-order valence-corrected chi connectivity index (χ1v) is 7.19. The molecule has 2 rings (SSSR count). The van der Waals surface area contributed by atoms with Gasteiger partial charge >= 0.3 is 5.97 Å². The first-order chi connectivity index (χ1) is 9.51. The van der Waals surface area contributed by atoms with Gasteiger partial charge in [0.15, 0.2) is 0 Å². The second kappa shape index (κ2) is 6.39. The molecule has 0 heterocycles. The third-order valence-corrected chi connectivity index (χ3v) is 4.36. The van der Waals surface area contributed by atoms with Gasteiger partial charge in [0.1, 0.15) is 0 Å². The average molecular weight is 328 g/mol. The molecule has 0 fully saturated rings. The molecule has 0 unspecified atom stereocenters. The largest absolute Gasteiger partial charge is 0.465 e. The van der Waals surface area contributed by atoms with Crippen molar-refractivity contribution in [1.29, 1.82) is 0 Å². The maximum atomic E-state index is 11.5. The number of ether oxygens (including phenoxy) is 1. The van der Waals surface area contributed by atoms with Gasteiger partial charge < -0.3 is 10.5 Å². The fraction of sp³-hybridized carbons (Fsp3) is 0.0714. The van der Waals surface area contributed by atoms with Gasteiger partial charge in [0.2, 0.25) is 0 Å². The lowest BCUT2D eigenvalue weighted by molar-refractivity contribution is 0.0600. The summed E-state index contributed by atoms with van der Waals surface area (Å²) in [5.74, 6) is -0.413. The SMILES string of the molecule is COC(=O)c1ccc(N)c(Sc2cc(Cl)ccc2Cl)c1. The highest BCUT2D eigenvalue weighted by Gasteiger charge is 2.11. The molecule has 0 amide bonds. The van der Waals surface area contributed by atoms with Crippen LogP contribution in [-0.4, -0.2) is 13.1 Å². The van der Waals surface area contributed by atoms with Crippen LogP contribution < -0.4 is 5.73 Å². The number of carbonyl (C=O) groups is 1. The number of carbonyl (C=O) groups excluding carboxylic acids is 1. The Bertz CT molecular complexity index is 662. The first-order valence-electron chi connectivity index (χ1n) is 5.62. The summed E-state index contributed by atoms with van der Waals surface area (Å²) >= 11 is 13.4. The minimum Gasteiger partial charge on any atom is -0.465 e. The second-order valence-corrected chi connectivity index (χ2v) is 5.85. The number of halogens is 2. The van der Waals surface area contributed by atoms with Crippen molar-refractivity contribution in [3.63, 3.8) is 0 Å². The van der Waals surface area contributed by atoms with E-state index in [-0.39, 0.29) is 0 Å². The maximum Gasteiger partial charge on any atom is 0.337 e. The highest BCUT2D eigenvalue weighted by atomic mass is 35.5. The standard InChI is InChI=1S/C14H11Cl2NO2S/c1-19-14(18)8-2-5-11(17)13(6-8)20-12-7-9(15)3-4-10(12)16/h2-7H,17H2,1H3. The van der Waals surface area contributed by atoms with E-state index in [0.29, 0.717) is 21.3 Å². The molecule has 2 aromatic rings. The van der Waals surface area contributed by atoms with Gasteiger partial charge in [-0.15, -0.1) is 0 Å². The highest BCUT2D eigenvalue weighted by molar-refractivity contribution is 7.99. The zero-order valence-electron chi connectivity index (χ0n) is 10.5. The van der Waals surface area contributed by atoms with Crippen LogP contribution in [0.3, 0.4) is 0 Å². The molecule has 0 bridgehead atoms. The predicted molar refractivity (Wildman–Crippen MR) is 82.8 cm³/mol. The van der Waals surface area contributed by atoms with Crippen molar-refractivity contribution in [2.75, 3.05) is 12.8 Å². The monoisotopic (exact) mass is 327 g/mol. The zero-order chi connectivity index (χ0) is 14.7. The molecule has 0 saturated heterocycles. The van der Waals surface area contributed by atoms with Crippen LogP contribution in [0, 0.1) is 0 Å². The lowest BCUT2D eigenvalue weighted by Gasteiger charge is -2.09. The number of nitrogens with two attached hydrogens (primary N) is 1. The maximum absolute atomic E-state index is 11.5. The third-order valence-electron chi connectivity index (χ3n) is 2.55. The number of methoxy groups -OCH3 is 1. The third kappa shape index (κ3) is 3.39. The van der Waals surface area contributed by atoms with E-state index in [1.165, 1.54) is 18.9 Å². The minimum absolute atomic E-state index is 0.413. The van der Waals surface area contributed by atoms with Crippen LogP contribution in [0.2, 0.25) is 10.0 Å². The second-order valence-electron chi connectivity index (χ2n) is 3.92. The predicted octanol–water partition coefficient (Wildman–Crippen LogP) is 4.51. The summed E-state index contributed by atoms with van der Waals surface area (Å²) in [6.07, 6.45) is 0. The molecule has 6 heteroatoms. The van der Waals surface area contributed by atoms with Crippen molar-refractivity contribution in [2.45, 2.75) is 9.79 Å². The van der Waals surface area contributed by atoms with Crippen molar-refractivity contribution in [3.05, 3.63) is 52.0 Å². The van der Waals surface area contributed by atoms with E-state index in [2.05, 4.69) is 4.74 Å². The minimum atomic E-state index is -0.413. The molecule has 3 nitrogen and oxygen atoms in total. The van der Waals surface area contributed by atoms with Crippen LogP contribution >= 0.6 is 35.0 Å². The first kappa shape index (κ1) is 15.0. The molecule has 0 aliphatic rings. The quantitative estimate of drug-likeness (QED) is 0.665. The van der Waals surface area contributed by atoms with Gasteiger partial charge in [-0.1, -0.05) is 35.0 Å². The van der Waals surface area contributed by atoms with Gasteiger partial charge in [-0.05, 0) is 36.4 Å². The number of esters is 1. The van der Waals surface area contributed by atoms with E-state index in [1.54, 1.807) is 36.4 Å².